The summed E-state index contributed by atoms with van der Waals surface area (Å²) < 4.78 is 0. The van der Waals surface area contributed by atoms with Gasteiger partial charge in [-0.2, -0.15) is 0 Å². The van der Waals surface area contributed by atoms with Crippen LogP contribution in [-0.2, 0) is 14.4 Å². The number of anilines is 1. The second kappa shape index (κ2) is 5.79. The van der Waals surface area contributed by atoms with Crippen molar-refractivity contribution in [2.45, 2.75) is 13.3 Å². The predicted molar refractivity (Wildman–Crippen MR) is 61.7 cm³/mol. The van der Waals surface area contributed by atoms with Gasteiger partial charge in [-0.05, 0) is 19.1 Å². The van der Waals surface area contributed by atoms with Crippen LogP contribution in [-0.4, -0.2) is 29.3 Å². The normalized spacial score (nSPS) is 9.71. The van der Waals surface area contributed by atoms with Crippen molar-refractivity contribution >= 4 is 23.3 Å². The minimum atomic E-state index is -1.12. The Balaban J connectivity index is 2.92. The molecule has 0 aliphatic rings. The van der Waals surface area contributed by atoms with Crippen molar-refractivity contribution in [3.05, 3.63) is 30.3 Å². The SMILES string of the molecule is CC(=O)CC(=O)N(CC(=O)O)c1ccccc1. The molecule has 0 fully saturated rings. The molecule has 0 saturated carbocycles. The Labute approximate surface area is 98.7 Å². The molecule has 0 atom stereocenters. The largest absolute Gasteiger partial charge is 0.480 e. The van der Waals surface area contributed by atoms with Crippen molar-refractivity contribution in [3.8, 4) is 0 Å². The van der Waals surface area contributed by atoms with Gasteiger partial charge < -0.3 is 10.0 Å². The average molecular weight is 235 g/mol. The third-order valence-electron chi connectivity index (χ3n) is 2.06. The van der Waals surface area contributed by atoms with Crippen LogP contribution in [0.1, 0.15) is 13.3 Å². The first kappa shape index (κ1) is 12.9. The molecule has 1 aromatic rings. The van der Waals surface area contributed by atoms with Crippen molar-refractivity contribution < 1.29 is 19.5 Å². The number of aliphatic carboxylic acids is 1. The fourth-order valence-corrected chi connectivity index (χ4v) is 1.38. The van der Waals surface area contributed by atoms with Gasteiger partial charge in [-0.15, -0.1) is 0 Å². The summed E-state index contributed by atoms with van der Waals surface area (Å²) in [5.41, 5.74) is 0.473. The Morgan fingerprint density at radius 1 is 1.18 bits per heavy atom. The molecule has 17 heavy (non-hydrogen) atoms. The number of carboxylic acids is 1. The summed E-state index contributed by atoms with van der Waals surface area (Å²) in [7, 11) is 0. The van der Waals surface area contributed by atoms with Gasteiger partial charge in [0.1, 0.15) is 12.3 Å². The molecular weight excluding hydrogens is 222 g/mol. The van der Waals surface area contributed by atoms with Crippen LogP contribution in [0.2, 0.25) is 0 Å². The highest BCUT2D eigenvalue weighted by Gasteiger charge is 2.19. The van der Waals surface area contributed by atoms with E-state index in [4.69, 9.17) is 5.11 Å². The number of amides is 1. The highest BCUT2D eigenvalue weighted by Crippen LogP contribution is 2.14. The summed E-state index contributed by atoms with van der Waals surface area (Å²) in [5.74, 6) is -1.92. The number of hydrogen-bond acceptors (Lipinski definition) is 3. The van der Waals surface area contributed by atoms with E-state index < -0.39 is 18.4 Å². The lowest BCUT2D eigenvalue weighted by atomic mass is 10.2. The molecule has 0 heterocycles. The lowest BCUT2D eigenvalue weighted by molar-refractivity contribution is -0.137. The van der Waals surface area contributed by atoms with Gasteiger partial charge in [-0.3, -0.25) is 14.4 Å². The highest BCUT2D eigenvalue weighted by atomic mass is 16.4. The maximum absolute atomic E-state index is 11.7. The van der Waals surface area contributed by atoms with Gasteiger partial charge in [0.2, 0.25) is 5.91 Å². The summed E-state index contributed by atoms with van der Waals surface area (Å²) in [6, 6.07) is 8.41. The summed E-state index contributed by atoms with van der Waals surface area (Å²) in [4.78, 5) is 34.4. The van der Waals surface area contributed by atoms with Crippen LogP contribution in [0.3, 0.4) is 0 Å². The first-order chi connectivity index (χ1) is 8.00. The second-order valence-corrected chi connectivity index (χ2v) is 3.59. The summed E-state index contributed by atoms with van der Waals surface area (Å²) in [6.45, 7) is 0.845. The molecule has 0 bridgehead atoms. The first-order valence-corrected chi connectivity index (χ1v) is 5.07. The first-order valence-electron chi connectivity index (χ1n) is 5.07. The van der Waals surface area contributed by atoms with E-state index in [0.29, 0.717) is 5.69 Å². The van der Waals surface area contributed by atoms with E-state index in [9.17, 15) is 14.4 Å². The van der Waals surface area contributed by atoms with Crippen LogP contribution in [0.15, 0.2) is 30.3 Å². The fourth-order valence-electron chi connectivity index (χ4n) is 1.38. The number of carboxylic acid groups (broad SMARTS) is 1. The number of Topliss-reactive ketones (excluding diaryl/α,β-unsaturated/α-hetero) is 1. The van der Waals surface area contributed by atoms with Gasteiger partial charge in [0.15, 0.2) is 0 Å². The van der Waals surface area contributed by atoms with Crippen molar-refractivity contribution in [1.29, 1.82) is 0 Å². The quantitative estimate of drug-likeness (QED) is 0.775. The lowest BCUT2D eigenvalue weighted by Crippen LogP contribution is -2.36. The van der Waals surface area contributed by atoms with E-state index in [-0.39, 0.29) is 12.2 Å². The zero-order chi connectivity index (χ0) is 12.8. The smallest absolute Gasteiger partial charge is 0.323 e. The minimum Gasteiger partial charge on any atom is -0.480 e. The summed E-state index contributed by atoms with van der Waals surface area (Å²) >= 11 is 0. The maximum atomic E-state index is 11.7. The van der Waals surface area contributed by atoms with Crippen molar-refractivity contribution in [2.24, 2.45) is 0 Å². The van der Waals surface area contributed by atoms with Crippen molar-refractivity contribution in [1.82, 2.24) is 0 Å². The zero-order valence-corrected chi connectivity index (χ0v) is 9.42. The molecule has 0 aliphatic carbocycles. The molecule has 0 radical (unpaired) electrons. The number of nitrogens with zero attached hydrogens (tertiary/aromatic N) is 1. The molecule has 5 heteroatoms. The van der Waals surface area contributed by atoms with E-state index in [1.807, 2.05) is 0 Å². The molecule has 1 N–H and O–H groups in total. The monoisotopic (exact) mass is 235 g/mol. The van der Waals surface area contributed by atoms with E-state index >= 15 is 0 Å². The summed E-state index contributed by atoms with van der Waals surface area (Å²) in [5, 5.41) is 8.75. The number of rotatable bonds is 5. The van der Waals surface area contributed by atoms with Gasteiger partial charge in [0.25, 0.3) is 0 Å². The maximum Gasteiger partial charge on any atom is 0.323 e. The fraction of sp³-hybridized carbons (Fsp3) is 0.250. The van der Waals surface area contributed by atoms with E-state index in [1.165, 1.54) is 6.92 Å². The second-order valence-electron chi connectivity index (χ2n) is 3.59. The molecule has 1 amide bonds. The number of carbonyl (C=O) groups excluding carboxylic acids is 2. The topological polar surface area (TPSA) is 74.7 Å². The zero-order valence-electron chi connectivity index (χ0n) is 9.42. The Morgan fingerprint density at radius 3 is 2.24 bits per heavy atom. The molecule has 0 unspecified atom stereocenters. The Hall–Kier alpha value is -2.17. The van der Waals surface area contributed by atoms with E-state index in [0.717, 1.165) is 4.90 Å². The van der Waals surface area contributed by atoms with Crippen LogP contribution in [0.5, 0.6) is 0 Å². The molecular formula is C12H13NO4. The van der Waals surface area contributed by atoms with Crippen molar-refractivity contribution in [3.63, 3.8) is 0 Å². The van der Waals surface area contributed by atoms with Gasteiger partial charge in [-0.1, -0.05) is 18.2 Å². The number of benzene rings is 1. The molecule has 0 spiro atoms. The molecule has 0 aromatic heterocycles. The Bertz CT molecular complexity index is 427. The van der Waals surface area contributed by atoms with Crippen LogP contribution in [0, 0.1) is 0 Å². The van der Waals surface area contributed by atoms with Crippen molar-refractivity contribution in [2.75, 3.05) is 11.4 Å². The van der Waals surface area contributed by atoms with Gasteiger partial charge >= 0.3 is 5.97 Å². The Morgan fingerprint density at radius 2 is 1.76 bits per heavy atom. The van der Waals surface area contributed by atoms with Gasteiger partial charge in [0, 0.05) is 5.69 Å². The molecule has 1 rings (SSSR count). The number of ketones is 1. The van der Waals surface area contributed by atoms with Crippen LogP contribution < -0.4 is 4.90 Å². The lowest BCUT2D eigenvalue weighted by Gasteiger charge is -2.20. The number of hydrogen-bond donors (Lipinski definition) is 1. The Kier molecular flexibility index (Phi) is 4.39. The standard InChI is InChI=1S/C12H13NO4/c1-9(14)7-11(15)13(8-12(16)17)10-5-3-2-4-6-10/h2-6H,7-8H2,1H3,(H,16,17). The average Bonchev–Trinajstić information content (AvgIpc) is 2.25. The third-order valence-corrected chi connectivity index (χ3v) is 2.06. The van der Waals surface area contributed by atoms with E-state index in [1.54, 1.807) is 30.3 Å². The molecule has 5 nitrogen and oxygen atoms in total. The van der Waals surface area contributed by atoms with E-state index in [2.05, 4.69) is 0 Å². The highest BCUT2D eigenvalue weighted by molar-refractivity contribution is 6.06. The van der Waals surface area contributed by atoms with Gasteiger partial charge in [-0.25, -0.2) is 0 Å². The number of para-hydroxylation sites is 1. The number of carbonyl (C=O) groups is 3. The predicted octanol–water partition coefficient (Wildman–Crippen LogP) is 1.08. The van der Waals surface area contributed by atoms with Crippen LogP contribution in [0.25, 0.3) is 0 Å². The molecule has 90 valence electrons. The van der Waals surface area contributed by atoms with Crippen LogP contribution in [0.4, 0.5) is 5.69 Å². The molecule has 0 aliphatic heterocycles. The third kappa shape index (κ3) is 4.06. The molecule has 1 aromatic carbocycles. The minimum absolute atomic E-state index is 0.290. The van der Waals surface area contributed by atoms with Crippen LogP contribution >= 0.6 is 0 Å². The van der Waals surface area contributed by atoms with Gasteiger partial charge in [0.05, 0.1) is 6.42 Å². The molecule has 0 saturated heterocycles. The summed E-state index contributed by atoms with van der Waals surface area (Å²) in [6.07, 6.45) is -0.290.